The summed E-state index contributed by atoms with van der Waals surface area (Å²) in [6.45, 7) is 0.0217. The van der Waals surface area contributed by atoms with Crippen LogP contribution >= 0.6 is 12.2 Å². The third-order valence-electron chi connectivity index (χ3n) is 6.64. The molecule has 2 atom stereocenters. The molecule has 1 aromatic carbocycles. The summed E-state index contributed by atoms with van der Waals surface area (Å²) in [4.78, 5) is 18.7. The quantitative estimate of drug-likeness (QED) is 0.480. The number of ether oxygens (including phenoxy) is 1. The van der Waals surface area contributed by atoms with Crippen LogP contribution in [0.5, 0.6) is 0 Å². The lowest BCUT2D eigenvalue weighted by Gasteiger charge is -2.30. The van der Waals surface area contributed by atoms with Gasteiger partial charge in [-0.1, -0.05) is 18.9 Å². The minimum atomic E-state index is -0.184. The monoisotopic (exact) mass is 475 g/mol. The van der Waals surface area contributed by atoms with Gasteiger partial charge in [-0.15, -0.1) is 0 Å². The van der Waals surface area contributed by atoms with Crippen molar-refractivity contribution in [2.24, 2.45) is 0 Å². The molecule has 0 spiro atoms. The summed E-state index contributed by atoms with van der Waals surface area (Å²) in [5.41, 5.74) is 3.87. The second-order valence-electron chi connectivity index (χ2n) is 8.80. The summed E-state index contributed by atoms with van der Waals surface area (Å²) in [5.74, 6) is -0.184. The number of hydrogen-bond acceptors (Lipinski definition) is 4. The Morgan fingerprint density at radius 1 is 1.15 bits per heavy atom. The van der Waals surface area contributed by atoms with Crippen molar-refractivity contribution in [3.8, 4) is 0 Å². The zero-order chi connectivity index (χ0) is 23.5. The maximum absolute atomic E-state index is 11.9. The number of pyridine rings is 1. The Balaban J connectivity index is 1.51. The van der Waals surface area contributed by atoms with Gasteiger partial charge in [0.15, 0.2) is 5.11 Å². The van der Waals surface area contributed by atoms with Crippen LogP contribution < -0.4 is 15.5 Å². The fourth-order valence-corrected chi connectivity index (χ4v) is 5.49. The largest absolute Gasteiger partial charge is 0.375 e. The highest BCUT2D eigenvalue weighted by Crippen LogP contribution is 2.43. The molecule has 5 rings (SSSR count). The van der Waals surface area contributed by atoms with Crippen molar-refractivity contribution >= 4 is 34.6 Å². The van der Waals surface area contributed by atoms with Gasteiger partial charge in [0.1, 0.15) is 12.6 Å². The molecule has 1 saturated carbocycles. The molecule has 34 heavy (non-hydrogen) atoms. The fraction of sp³-hybridized carbons (Fsp3) is 0.346. The van der Waals surface area contributed by atoms with Gasteiger partial charge in [-0.25, -0.2) is 0 Å². The lowest BCUT2D eigenvalue weighted by atomic mass is 10.00. The van der Waals surface area contributed by atoms with Crippen molar-refractivity contribution in [1.82, 2.24) is 14.9 Å². The average molecular weight is 476 g/mol. The Morgan fingerprint density at radius 3 is 2.65 bits per heavy atom. The third kappa shape index (κ3) is 4.43. The minimum absolute atomic E-state index is 0.0217. The molecule has 0 unspecified atom stereocenters. The molecule has 2 fully saturated rings. The lowest BCUT2D eigenvalue weighted by Crippen LogP contribution is -2.30. The van der Waals surface area contributed by atoms with Crippen molar-refractivity contribution in [2.75, 3.05) is 23.9 Å². The number of benzene rings is 1. The van der Waals surface area contributed by atoms with Crippen LogP contribution in [0.25, 0.3) is 0 Å². The molecule has 2 aromatic heterocycles. The molecule has 1 aliphatic carbocycles. The molecule has 0 radical (unpaired) electrons. The molecular weight excluding hydrogens is 446 g/mol. The van der Waals surface area contributed by atoms with E-state index in [0.29, 0.717) is 11.2 Å². The Labute approximate surface area is 205 Å². The van der Waals surface area contributed by atoms with Gasteiger partial charge in [-0.2, -0.15) is 0 Å². The summed E-state index contributed by atoms with van der Waals surface area (Å²) in [5, 5.41) is 7.04. The molecule has 176 valence electrons. The predicted octanol–water partition coefficient (Wildman–Crippen LogP) is 4.76. The topological polar surface area (TPSA) is 71.4 Å². The number of rotatable bonds is 7. The van der Waals surface area contributed by atoms with E-state index >= 15 is 0 Å². The number of aromatic nitrogens is 2. The van der Waals surface area contributed by atoms with E-state index in [2.05, 4.69) is 43.4 Å². The molecule has 7 nitrogen and oxygen atoms in total. The normalized spacial score (nSPS) is 20.5. The Bertz CT molecular complexity index is 1140. The van der Waals surface area contributed by atoms with Gasteiger partial charge < -0.3 is 24.8 Å². The van der Waals surface area contributed by atoms with E-state index in [9.17, 15) is 4.79 Å². The number of carbonyl (C=O) groups excluding carboxylic acids is 1. The summed E-state index contributed by atoms with van der Waals surface area (Å²) >= 11 is 5.86. The number of methoxy groups -OCH3 is 1. The second kappa shape index (κ2) is 9.95. The van der Waals surface area contributed by atoms with Crippen molar-refractivity contribution < 1.29 is 9.53 Å². The number of thiocarbonyl (C=S) groups is 1. The van der Waals surface area contributed by atoms with Crippen LogP contribution in [0.15, 0.2) is 67.0 Å². The van der Waals surface area contributed by atoms with Gasteiger partial charge in [0.25, 0.3) is 0 Å². The van der Waals surface area contributed by atoms with Crippen molar-refractivity contribution in [1.29, 1.82) is 0 Å². The number of nitrogens with one attached hydrogen (secondary N) is 2. The van der Waals surface area contributed by atoms with E-state index in [1.54, 1.807) is 0 Å². The van der Waals surface area contributed by atoms with E-state index in [0.717, 1.165) is 17.1 Å². The zero-order valence-corrected chi connectivity index (χ0v) is 20.0. The standard InChI is InChI=1S/C26H29N5O2S/c1-33-17-23(32)28-18-11-13-20(14-12-18)31-25(22-10-6-16-30(22)19-7-2-3-8-19)24(29-26(31)34)21-9-4-5-15-27-21/h4-6,9-16,19,24-25H,2-3,7-8,17H2,1H3,(H,28,32)(H,29,34)/t24-,25-/m1/s1. The van der Waals surface area contributed by atoms with Crippen LogP contribution in [-0.4, -0.2) is 34.3 Å². The van der Waals surface area contributed by atoms with Crippen molar-refractivity contribution in [2.45, 2.75) is 43.8 Å². The zero-order valence-electron chi connectivity index (χ0n) is 19.2. The van der Waals surface area contributed by atoms with E-state index in [4.69, 9.17) is 17.0 Å². The van der Waals surface area contributed by atoms with Crippen LogP contribution in [0.4, 0.5) is 11.4 Å². The fourth-order valence-electron chi connectivity index (χ4n) is 5.14. The van der Waals surface area contributed by atoms with E-state index in [1.165, 1.54) is 38.5 Å². The molecule has 1 saturated heterocycles. The highest BCUT2D eigenvalue weighted by molar-refractivity contribution is 7.80. The first-order valence-electron chi connectivity index (χ1n) is 11.7. The summed E-state index contributed by atoms with van der Waals surface area (Å²) in [6, 6.07) is 18.5. The average Bonchev–Trinajstić information content (AvgIpc) is 3.60. The highest BCUT2D eigenvalue weighted by Gasteiger charge is 2.42. The second-order valence-corrected chi connectivity index (χ2v) is 9.19. The summed E-state index contributed by atoms with van der Waals surface area (Å²) < 4.78 is 7.34. The SMILES string of the molecule is COCC(=O)Nc1ccc(N2C(=S)N[C@H](c3ccccn3)[C@H]2c2cccn2C2CCCC2)cc1. The maximum Gasteiger partial charge on any atom is 0.250 e. The number of amides is 1. The molecule has 0 bridgehead atoms. The number of hydrogen-bond donors (Lipinski definition) is 2. The Hall–Kier alpha value is -3.23. The van der Waals surface area contributed by atoms with Gasteiger partial charge in [-0.3, -0.25) is 9.78 Å². The predicted molar refractivity (Wildman–Crippen MR) is 137 cm³/mol. The molecule has 3 heterocycles. The van der Waals surface area contributed by atoms with Gasteiger partial charge in [-0.05, 0) is 73.6 Å². The Kier molecular flexibility index (Phi) is 6.60. The number of nitrogens with zero attached hydrogens (tertiary/aromatic N) is 3. The van der Waals surface area contributed by atoms with E-state index in [1.807, 2.05) is 48.7 Å². The van der Waals surface area contributed by atoms with E-state index < -0.39 is 0 Å². The van der Waals surface area contributed by atoms with Gasteiger partial charge in [0.05, 0.1) is 11.7 Å². The van der Waals surface area contributed by atoms with Crippen LogP contribution in [0.2, 0.25) is 0 Å². The van der Waals surface area contributed by atoms with Crippen LogP contribution in [-0.2, 0) is 9.53 Å². The van der Waals surface area contributed by atoms with Crippen LogP contribution in [0.3, 0.4) is 0 Å². The molecule has 8 heteroatoms. The van der Waals surface area contributed by atoms with Crippen LogP contribution in [0.1, 0.15) is 55.2 Å². The maximum atomic E-state index is 11.9. The molecule has 3 aromatic rings. The smallest absolute Gasteiger partial charge is 0.250 e. The van der Waals surface area contributed by atoms with Gasteiger partial charge >= 0.3 is 0 Å². The first kappa shape index (κ1) is 22.6. The highest BCUT2D eigenvalue weighted by atomic mass is 32.1. The van der Waals surface area contributed by atoms with E-state index in [-0.39, 0.29) is 24.6 Å². The number of anilines is 2. The number of carbonyl (C=O) groups is 1. The lowest BCUT2D eigenvalue weighted by molar-refractivity contribution is -0.119. The minimum Gasteiger partial charge on any atom is -0.375 e. The molecule has 2 N–H and O–H groups in total. The Morgan fingerprint density at radius 2 is 1.94 bits per heavy atom. The summed E-state index contributed by atoms with van der Waals surface area (Å²) in [6.07, 6.45) is 8.98. The van der Waals surface area contributed by atoms with Gasteiger partial charge in [0.2, 0.25) is 5.91 Å². The molecule has 2 aliphatic rings. The first-order chi connectivity index (χ1) is 16.7. The first-order valence-corrected chi connectivity index (χ1v) is 12.1. The van der Waals surface area contributed by atoms with Gasteiger partial charge in [0, 0.05) is 42.6 Å². The van der Waals surface area contributed by atoms with Crippen molar-refractivity contribution in [3.05, 3.63) is 78.4 Å². The molecular formula is C26H29N5O2S. The van der Waals surface area contributed by atoms with Crippen LogP contribution in [0, 0.1) is 0 Å². The third-order valence-corrected chi connectivity index (χ3v) is 6.95. The summed E-state index contributed by atoms with van der Waals surface area (Å²) in [7, 11) is 1.50. The molecule has 1 amide bonds. The van der Waals surface area contributed by atoms with Crippen molar-refractivity contribution in [3.63, 3.8) is 0 Å². The molecule has 1 aliphatic heterocycles.